The summed E-state index contributed by atoms with van der Waals surface area (Å²) in [5.74, 6) is 0.219. The monoisotopic (exact) mass is 147 g/mol. The van der Waals surface area contributed by atoms with Gasteiger partial charge in [0.25, 0.3) is 5.91 Å². The van der Waals surface area contributed by atoms with E-state index in [4.69, 9.17) is 0 Å². The Hall–Kier alpha value is -1.31. The summed E-state index contributed by atoms with van der Waals surface area (Å²) in [6, 6.07) is 9.81. The third kappa shape index (κ3) is 0.909. The van der Waals surface area contributed by atoms with Crippen molar-refractivity contribution in [1.29, 1.82) is 0 Å². The predicted octanol–water partition coefficient (Wildman–Crippen LogP) is 1.42. The first-order valence-corrected chi connectivity index (χ1v) is 3.69. The van der Waals surface area contributed by atoms with E-state index in [1.807, 2.05) is 37.3 Å². The second kappa shape index (κ2) is 2.09. The summed E-state index contributed by atoms with van der Waals surface area (Å²) in [5, 5.41) is 0. The summed E-state index contributed by atoms with van der Waals surface area (Å²) in [6.07, 6.45) is 0. The van der Waals surface area contributed by atoms with Crippen LogP contribution < -0.4 is 4.90 Å². The van der Waals surface area contributed by atoms with Crippen molar-refractivity contribution in [2.24, 2.45) is 0 Å². The molecule has 1 aliphatic heterocycles. The van der Waals surface area contributed by atoms with Crippen molar-refractivity contribution in [1.82, 2.24) is 0 Å². The van der Waals surface area contributed by atoms with Gasteiger partial charge in [0, 0.05) is 5.69 Å². The molecule has 0 aromatic heterocycles. The number of para-hydroxylation sites is 1. The highest BCUT2D eigenvalue weighted by molar-refractivity contribution is 6.15. The molecule has 0 aliphatic carbocycles. The smallest absolute Gasteiger partial charge is 0.250 e. The van der Waals surface area contributed by atoms with Crippen molar-refractivity contribution in [2.75, 3.05) is 4.90 Å². The maximum absolute atomic E-state index is 10.9. The van der Waals surface area contributed by atoms with E-state index < -0.39 is 0 Å². The molecule has 1 aliphatic rings. The molecule has 2 rings (SSSR count). The molecular formula is C9H9NO. The molecule has 11 heavy (non-hydrogen) atoms. The van der Waals surface area contributed by atoms with Gasteiger partial charge in [-0.15, -0.1) is 0 Å². The van der Waals surface area contributed by atoms with Crippen molar-refractivity contribution in [3.05, 3.63) is 30.3 Å². The number of amides is 1. The van der Waals surface area contributed by atoms with Crippen LogP contribution in [-0.2, 0) is 4.79 Å². The van der Waals surface area contributed by atoms with Crippen molar-refractivity contribution in [2.45, 2.75) is 13.0 Å². The number of anilines is 1. The third-order valence-corrected chi connectivity index (χ3v) is 1.95. The Morgan fingerprint density at radius 3 is 2.27 bits per heavy atom. The van der Waals surface area contributed by atoms with Crippen LogP contribution in [0, 0.1) is 0 Å². The number of carbonyl (C=O) groups is 1. The first-order valence-electron chi connectivity index (χ1n) is 3.69. The van der Waals surface area contributed by atoms with Gasteiger partial charge < -0.3 is 0 Å². The van der Waals surface area contributed by atoms with Crippen LogP contribution in [0.5, 0.6) is 0 Å². The van der Waals surface area contributed by atoms with E-state index in [1.54, 1.807) is 4.90 Å². The van der Waals surface area contributed by atoms with Crippen molar-refractivity contribution in [3.8, 4) is 0 Å². The Morgan fingerprint density at radius 1 is 1.27 bits per heavy atom. The van der Waals surface area contributed by atoms with E-state index in [2.05, 4.69) is 0 Å². The Bertz CT molecular complexity index is 281. The minimum atomic E-state index is 0.0948. The summed E-state index contributed by atoms with van der Waals surface area (Å²) in [5.41, 5.74) is 1.00. The lowest BCUT2D eigenvalue weighted by atomic mass is 10.3. The fourth-order valence-corrected chi connectivity index (χ4v) is 1.21. The SMILES string of the molecule is CC1C(=O)N1c1ccccc1. The molecule has 2 heteroatoms. The highest BCUT2D eigenvalue weighted by atomic mass is 16.2. The minimum absolute atomic E-state index is 0.0948. The molecule has 1 aromatic carbocycles. The first kappa shape index (κ1) is 6.40. The maximum atomic E-state index is 10.9. The zero-order valence-corrected chi connectivity index (χ0v) is 6.32. The van der Waals surface area contributed by atoms with Gasteiger partial charge in [-0.25, -0.2) is 0 Å². The number of hydrogen-bond donors (Lipinski definition) is 0. The molecule has 1 amide bonds. The van der Waals surface area contributed by atoms with E-state index in [1.165, 1.54) is 0 Å². The highest BCUT2D eigenvalue weighted by Crippen LogP contribution is 2.27. The lowest BCUT2D eigenvalue weighted by Crippen LogP contribution is -1.94. The molecule has 0 spiro atoms. The Kier molecular flexibility index (Phi) is 1.22. The summed E-state index contributed by atoms with van der Waals surface area (Å²) < 4.78 is 0. The number of carbonyl (C=O) groups excluding carboxylic acids is 1. The lowest BCUT2D eigenvalue weighted by molar-refractivity contribution is -0.110. The van der Waals surface area contributed by atoms with Gasteiger partial charge in [-0.2, -0.15) is 0 Å². The number of benzene rings is 1. The maximum Gasteiger partial charge on any atom is 0.250 e. The topological polar surface area (TPSA) is 20.1 Å². The fraction of sp³-hybridized carbons (Fsp3) is 0.222. The largest absolute Gasteiger partial charge is 0.298 e. The zero-order chi connectivity index (χ0) is 7.84. The van der Waals surface area contributed by atoms with Gasteiger partial charge >= 0.3 is 0 Å². The van der Waals surface area contributed by atoms with E-state index in [-0.39, 0.29) is 11.9 Å². The molecule has 0 radical (unpaired) electrons. The number of hydrogen-bond acceptors (Lipinski definition) is 1. The van der Waals surface area contributed by atoms with Crippen molar-refractivity contribution < 1.29 is 4.79 Å². The van der Waals surface area contributed by atoms with Crippen molar-refractivity contribution in [3.63, 3.8) is 0 Å². The minimum Gasteiger partial charge on any atom is -0.298 e. The summed E-state index contributed by atoms with van der Waals surface area (Å²) in [4.78, 5) is 12.7. The molecule has 1 unspecified atom stereocenters. The normalized spacial score (nSPS) is 22.1. The molecule has 1 saturated heterocycles. The summed E-state index contributed by atoms with van der Waals surface area (Å²) >= 11 is 0. The third-order valence-electron chi connectivity index (χ3n) is 1.95. The van der Waals surface area contributed by atoms with Gasteiger partial charge in [0.2, 0.25) is 0 Å². The van der Waals surface area contributed by atoms with Crippen LogP contribution in [0.15, 0.2) is 30.3 Å². The average molecular weight is 147 g/mol. The van der Waals surface area contributed by atoms with E-state index >= 15 is 0 Å². The second-order valence-electron chi connectivity index (χ2n) is 2.72. The van der Waals surface area contributed by atoms with Crippen LogP contribution in [0.2, 0.25) is 0 Å². The van der Waals surface area contributed by atoms with Gasteiger partial charge in [0.15, 0.2) is 0 Å². The fourth-order valence-electron chi connectivity index (χ4n) is 1.21. The molecule has 1 fully saturated rings. The molecule has 0 saturated carbocycles. The molecule has 1 aromatic rings. The van der Waals surface area contributed by atoms with Crippen LogP contribution in [0.3, 0.4) is 0 Å². The molecule has 2 nitrogen and oxygen atoms in total. The Balaban J connectivity index is 2.27. The van der Waals surface area contributed by atoms with E-state index in [0.717, 1.165) is 5.69 Å². The molecule has 0 bridgehead atoms. The van der Waals surface area contributed by atoms with Gasteiger partial charge in [0.05, 0.1) is 0 Å². The lowest BCUT2D eigenvalue weighted by Gasteiger charge is -1.98. The zero-order valence-electron chi connectivity index (χ0n) is 6.32. The molecule has 1 heterocycles. The Morgan fingerprint density at radius 2 is 1.82 bits per heavy atom. The van der Waals surface area contributed by atoms with Crippen LogP contribution >= 0.6 is 0 Å². The Labute approximate surface area is 65.4 Å². The average Bonchev–Trinajstić information content (AvgIpc) is 2.62. The molecule has 0 N–H and O–H groups in total. The van der Waals surface area contributed by atoms with Gasteiger partial charge in [0.1, 0.15) is 6.04 Å². The number of rotatable bonds is 1. The van der Waals surface area contributed by atoms with E-state index in [0.29, 0.717) is 0 Å². The highest BCUT2D eigenvalue weighted by Gasteiger charge is 2.42. The summed E-state index contributed by atoms with van der Waals surface area (Å²) in [7, 11) is 0. The van der Waals surface area contributed by atoms with E-state index in [9.17, 15) is 4.79 Å². The quantitative estimate of drug-likeness (QED) is 0.550. The van der Waals surface area contributed by atoms with Crippen LogP contribution in [0.1, 0.15) is 6.92 Å². The van der Waals surface area contributed by atoms with Crippen LogP contribution in [0.4, 0.5) is 5.69 Å². The summed E-state index contributed by atoms with van der Waals surface area (Å²) in [6.45, 7) is 1.91. The molecule has 56 valence electrons. The van der Waals surface area contributed by atoms with Crippen molar-refractivity contribution >= 4 is 11.6 Å². The van der Waals surface area contributed by atoms with Gasteiger partial charge in [-0.1, -0.05) is 18.2 Å². The van der Waals surface area contributed by atoms with Gasteiger partial charge in [-0.05, 0) is 19.1 Å². The standard InChI is InChI=1S/C9H9NO/c1-7-9(11)10(7)8-5-3-2-4-6-8/h2-7H,1H3. The molecule has 1 atom stereocenters. The number of nitrogens with zero attached hydrogens (tertiary/aromatic N) is 1. The van der Waals surface area contributed by atoms with Crippen LogP contribution in [-0.4, -0.2) is 11.9 Å². The van der Waals surface area contributed by atoms with Gasteiger partial charge in [-0.3, -0.25) is 9.69 Å². The van der Waals surface area contributed by atoms with Crippen LogP contribution in [0.25, 0.3) is 0 Å². The molecular weight excluding hydrogens is 138 g/mol. The predicted molar refractivity (Wildman–Crippen MR) is 43.4 cm³/mol. The first-order chi connectivity index (χ1) is 5.30. The second-order valence-corrected chi connectivity index (χ2v) is 2.72.